The first-order chi connectivity index (χ1) is 13.1. The fraction of sp³-hybridized carbons (Fsp3) is 0.810. The number of ether oxygens (including phenoxy) is 1. The number of amides is 1. The van der Waals surface area contributed by atoms with Crippen molar-refractivity contribution in [1.29, 1.82) is 0 Å². The molecule has 150 valence electrons. The van der Waals surface area contributed by atoms with Gasteiger partial charge in [-0.1, -0.05) is 0 Å². The van der Waals surface area contributed by atoms with Crippen molar-refractivity contribution in [3.8, 4) is 0 Å². The number of aryl methyl sites for hydroxylation is 1. The lowest BCUT2D eigenvalue weighted by atomic mass is 9.93. The summed E-state index contributed by atoms with van der Waals surface area (Å²) in [7, 11) is 0. The molecule has 1 aliphatic carbocycles. The summed E-state index contributed by atoms with van der Waals surface area (Å²) in [5.74, 6) is 1.29. The molecule has 0 radical (unpaired) electrons. The second-order valence-electron chi connectivity index (χ2n) is 8.67. The van der Waals surface area contributed by atoms with Crippen molar-refractivity contribution in [3.63, 3.8) is 0 Å². The van der Waals surface area contributed by atoms with Crippen LogP contribution in [0.1, 0.15) is 64.6 Å². The van der Waals surface area contributed by atoms with Gasteiger partial charge in [0, 0.05) is 31.4 Å². The summed E-state index contributed by atoms with van der Waals surface area (Å²) >= 11 is 0. The molecule has 1 N–H and O–H groups in total. The van der Waals surface area contributed by atoms with Gasteiger partial charge in [0.25, 0.3) is 0 Å². The lowest BCUT2D eigenvalue weighted by Gasteiger charge is -2.30. The smallest absolute Gasteiger partial charge is 0.223 e. The number of hydrogen-bond acceptors (Lipinski definition) is 4. The van der Waals surface area contributed by atoms with Crippen LogP contribution in [0.25, 0.3) is 0 Å². The van der Waals surface area contributed by atoms with Crippen molar-refractivity contribution in [2.24, 2.45) is 5.41 Å². The molecule has 1 saturated carbocycles. The molecule has 1 aromatic heterocycles. The largest absolute Gasteiger partial charge is 0.375 e. The zero-order valence-corrected chi connectivity index (χ0v) is 16.8. The minimum Gasteiger partial charge on any atom is -0.375 e. The van der Waals surface area contributed by atoms with E-state index in [1.54, 1.807) is 0 Å². The van der Waals surface area contributed by atoms with Crippen molar-refractivity contribution < 1.29 is 9.53 Å². The Labute approximate surface area is 162 Å². The number of carbonyl (C=O) groups excluding carboxylic acids is 1. The van der Waals surface area contributed by atoms with Crippen LogP contribution in [0.2, 0.25) is 0 Å². The molecule has 2 aliphatic heterocycles. The predicted octanol–water partition coefficient (Wildman–Crippen LogP) is 2.72. The van der Waals surface area contributed by atoms with Gasteiger partial charge in [0.1, 0.15) is 5.82 Å². The van der Waals surface area contributed by atoms with E-state index in [-0.39, 0.29) is 12.0 Å². The molecule has 1 amide bonds. The molecule has 3 atom stereocenters. The molecule has 0 bridgehead atoms. The van der Waals surface area contributed by atoms with Gasteiger partial charge in [-0.15, -0.1) is 0 Å². The van der Waals surface area contributed by atoms with E-state index in [4.69, 9.17) is 4.74 Å². The van der Waals surface area contributed by atoms with Gasteiger partial charge < -0.3 is 19.5 Å². The van der Waals surface area contributed by atoms with Crippen LogP contribution in [0, 0.1) is 5.41 Å². The monoisotopic (exact) mass is 374 g/mol. The van der Waals surface area contributed by atoms with Crippen LogP contribution in [0.5, 0.6) is 0 Å². The van der Waals surface area contributed by atoms with Crippen LogP contribution in [-0.4, -0.2) is 51.7 Å². The lowest BCUT2D eigenvalue weighted by Crippen LogP contribution is -2.39. The van der Waals surface area contributed by atoms with Gasteiger partial charge in [0.05, 0.1) is 18.8 Å². The number of nitrogens with zero attached hydrogens (tertiary/aromatic N) is 3. The molecule has 2 saturated heterocycles. The summed E-state index contributed by atoms with van der Waals surface area (Å²) in [4.78, 5) is 19.9. The standard InChI is InChI=1S/C21H34N4O2/c1-3-24-13-12-23-19(24)15-25(18-14-21(18)8-10-22-11-9-21)20(26)7-6-17-5-4-16(2)27-17/h12-13,16-18,22H,3-11,14-15H2,1-2H3/t16-,17-,18+/m0/s1. The molecule has 1 aromatic rings. The van der Waals surface area contributed by atoms with Gasteiger partial charge in [-0.05, 0) is 70.9 Å². The zero-order chi connectivity index (χ0) is 18.9. The molecule has 0 aromatic carbocycles. The number of imidazole rings is 1. The Morgan fingerprint density at radius 1 is 1.41 bits per heavy atom. The van der Waals surface area contributed by atoms with E-state index >= 15 is 0 Å². The molecule has 1 spiro atoms. The molecule has 6 nitrogen and oxygen atoms in total. The van der Waals surface area contributed by atoms with Gasteiger partial charge in [0.15, 0.2) is 0 Å². The van der Waals surface area contributed by atoms with Gasteiger partial charge in [0.2, 0.25) is 5.91 Å². The van der Waals surface area contributed by atoms with Gasteiger partial charge >= 0.3 is 0 Å². The Morgan fingerprint density at radius 3 is 2.93 bits per heavy atom. The molecule has 6 heteroatoms. The number of aromatic nitrogens is 2. The lowest BCUT2D eigenvalue weighted by molar-refractivity contribution is -0.134. The molecule has 27 heavy (non-hydrogen) atoms. The van der Waals surface area contributed by atoms with Crippen molar-refractivity contribution in [2.45, 2.75) is 90.1 Å². The fourth-order valence-corrected chi connectivity index (χ4v) is 5.06. The number of hydrogen-bond donors (Lipinski definition) is 1. The first-order valence-electron chi connectivity index (χ1n) is 10.8. The normalized spacial score (nSPS) is 29.2. The van der Waals surface area contributed by atoms with Gasteiger partial charge in [-0.25, -0.2) is 4.98 Å². The Bertz CT molecular complexity index is 652. The highest BCUT2D eigenvalue weighted by molar-refractivity contribution is 5.77. The van der Waals surface area contributed by atoms with Gasteiger partial charge in [-0.3, -0.25) is 4.79 Å². The Kier molecular flexibility index (Phi) is 5.55. The van der Waals surface area contributed by atoms with Crippen LogP contribution in [0.15, 0.2) is 12.4 Å². The molecule has 3 fully saturated rings. The number of rotatable bonds is 7. The highest BCUT2D eigenvalue weighted by atomic mass is 16.5. The molecular weight excluding hydrogens is 340 g/mol. The van der Waals surface area contributed by atoms with E-state index in [9.17, 15) is 4.79 Å². The van der Waals surface area contributed by atoms with Crippen LogP contribution >= 0.6 is 0 Å². The van der Waals surface area contributed by atoms with E-state index in [1.807, 2.05) is 12.4 Å². The van der Waals surface area contributed by atoms with Crippen molar-refractivity contribution in [1.82, 2.24) is 19.8 Å². The number of piperidine rings is 1. The average molecular weight is 375 g/mol. The maximum atomic E-state index is 13.2. The van der Waals surface area contributed by atoms with Crippen molar-refractivity contribution >= 4 is 5.91 Å². The molecule has 0 unspecified atom stereocenters. The van der Waals surface area contributed by atoms with Crippen molar-refractivity contribution in [2.75, 3.05) is 13.1 Å². The van der Waals surface area contributed by atoms with E-state index in [1.165, 1.54) is 12.8 Å². The fourth-order valence-electron chi connectivity index (χ4n) is 5.06. The topological polar surface area (TPSA) is 59.4 Å². The molecular formula is C21H34N4O2. The zero-order valence-electron chi connectivity index (χ0n) is 16.8. The first-order valence-corrected chi connectivity index (χ1v) is 10.8. The van der Waals surface area contributed by atoms with Crippen LogP contribution in [-0.2, 0) is 22.6 Å². The van der Waals surface area contributed by atoms with E-state index in [2.05, 4.69) is 33.6 Å². The van der Waals surface area contributed by atoms with E-state index < -0.39 is 0 Å². The van der Waals surface area contributed by atoms with E-state index in [0.717, 1.165) is 51.1 Å². The average Bonchev–Trinajstić information content (AvgIpc) is 3.02. The predicted molar refractivity (Wildman–Crippen MR) is 104 cm³/mol. The summed E-state index contributed by atoms with van der Waals surface area (Å²) in [5, 5.41) is 3.46. The number of carbonyl (C=O) groups is 1. The Morgan fingerprint density at radius 2 is 2.22 bits per heavy atom. The molecule has 4 rings (SSSR count). The molecule has 3 aliphatic rings. The second kappa shape index (κ2) is 7.92. The third-order valence-electron chi connectivity index (χ3n) is 6.90. The highest BCUT2D eigenvalue weighted by Crippen LogP contribution is 2.56. The summed E-state index contributed by atoms with van der Waals surface area (Å²) in [6.45, 7) is 7.95. The third kappa shape index (κ3) is 4.06. The van der Waals surface area contributed by atoms with E-state index in [0.29, 0.717) is 30.5 Å². The quantitative estimate of drug-likeness (QED) is 0.797. The summed E-state index contributed by atoms with van der Waals surface area (Å²) < 4.78 is 8.08. The minimum absolute atomic E-state index is 0.260. The molecule has 3 heterocycles. The highest BCUT2D eigenvalue weighted by Gasteiger charge is 2.57. The Balaban J connectivity index is 1.43. The van der Waals surface area contributed by atoms with Crippen LogP contribution in [0.4, 0.5) is 0 Å². The minimum atomic E-state index is 0.260. The third-order valence-corrected chi connectivity index (χ3v) is 6.90. The van der Waals surface area contributed by atoms with Gasteiger partial charge in [-0.2, -0.15) is 0 Å². The summed E-state index contributed by atoms with van der Waals surface area (Å²) in [5.41, 5.74) is 0.350. The SMILES string of the molecule is CCn1ccnc1CN(C(=O)CC[C@@H]1CC[C@H](C)O1)[C@@H]1CC12CCNCC2. The van der Waals surface area contributed by atoms with Crippen LogP contribution in [0.3, 0.4) is 0 Å². The first kappa shape index (κ1) is 18.9. The number of nitrogens with one attached hydrogen (secondary N) is 1. The summed E-state index contributed by atoms with van der Waals surface area (Å²) in [6, 6.07) is 0.387. The summed E-state index contributed by atoms with van der Waals surface area (Å²) in [6.07, 6.45) is 11.7. The van der Waals surface area contributed by atoms with Crippen LogP contribution < -0.4 is 5.32 Å². The maximum absolute atomic E-state index is 13.2. The second-order valence-corrected chi connectivity index (χ2v) is 8.67. The van der Waals surface area contributed by atoms with Crippen molar-refractivity contribution in [3.05, 3.63) is 18.2 Å². The maximum Gasteiger partial charge on any atom is 0.223 e. The Hall–Kier alpha value is -1.40.